The average Bonchev–Trinajstić information content (AvgIpc) is 3.14. The second-order valence-corrected chi connectivity index (χ2v) is 5.97. The summed E-state index contributed by atoms with van der Waals surface area (Å²) in [5, 5.41) is 2.38. The number of hydrazine groups is 1. The molecule has 0 saturated heterocycles. The van der Waals surface area contributed by atoms with Gasteiger partial charge in [-0.05, 0) is 29.0 Å². The second-order valence-electron chi connectivity index (χ2n) is 5.97. The molecule has 2 aromatic carbocycles. The summed E-state index contributed by atoms with van der Waals surface area (Å²) < 4.78 is 4.95. The van der Waals surface area contributed by atoms with Crippen molar-refractivity contribution in [2.24, 2.45) is 0 Å². The Morgan fingerprint density at radius 1 is 1.00 bits per heavy atom. The van der Waals surface area contributed by atoms with Gasteiger partial charge in [-0.3, -0.25) is 20.4 Å². The Morgan fingerprint density at radius 3 is 2.56 bits per heavy atom. The standard InChI is InChI=1S/C19H19N3O3/c1-22(12-14-8-9-15-5-2-3-6-16(15)11-14)13-18(23)20-21-19(24)17-7-4-10-25-17/h2-11H,12-13H2,1H3,(H,20,23)(H,21,24)/p+1. The van der Waals surface area contributed by atoms with Gasteiger partial charge in [0.25, 0.3) is 5.91 Å². The van der Waals surface area contributed by atoms with Gasteiger partial charge in [-0.1, -0.05) is 36.4 Å². The van der Waals surface area contributed by atoms with Crippen LogP contribution in [0.3, 0.4) is 0 Å². The highest BCUT2D eigenvalue weighted by Crippen LogP contribution is 2.14. The predicted molar refractivity (Wildman–Crippen MR) is 93.7 cm³/mol. The lowest BCUT2D eigenvalue weighted by Gasteiger charge is -2.14. The summed E-state index contributed by atoms with van der Waals surface area (Å²) in [6, 6.07) is 17.6. The molecule has 3 aromatic rings. The number of hydrogen-bond acceptors (Lipinski definition) is 3. The van der Waals surface area contributed by atoms with E-state index in [0.29, 0.717) is 6.54 Å². The minimum absolute atomic E-state index is 0.150. The fraction of sp³-hybridized carbons (Fsp3) is 0.158. The van der Waals surface area contributed by atoms with E-state index in [1.807, 2.05) is 19.2 Å². The van der Waals surface area contributed by atoms with Gasteiger partial charge in [0.05, 0.1) is 13.3 Å². The number of likely N-dealkylation sites (N-methyl/N-ethyl adjacent to an activating group) is 1. The molecule has 0 aliphatic carbocycles. The molecule has 6 nitrogen and oxygen atoms in total. The molecule has 1 unspecified atom stereocenters. The van der Waals surface area contributed by atoms with Crippen molar-refractivity contribution in [2.45, 2.75) is 6.54 Å². The smallest absolute Gasteiger partial charge is 0.305 e. The Balaban J connectivity index is 1.50. The maximum atomic E-state index is 12.0. The lowest BCUT2D eigenvalue weighted by Crippen LogP contribution is -3.09. The maximum Gasteiger partial charge on any atom is 0.305 e. The van der Waals surface area contributed by atoms with Crippen LogP contribution in [-0.4, -0.2) is 25.4 Å². The van der Waals surface area contributed by atoms with Crippen molar-refractivity contribution < 1.29 is 18.9 Å². The van der Waals surface area contributed by atoms with E-state index < -0.39 is 5.91 Å². The fourth-order valence-electron chi connectivity index (χ4n) is 2.67. The third-order valence-corrected chi connectivity index (χ3v) is 3.84. The van der Waals surface area contributed by atoms with Crippen molar-refractivity contribution >= 4 is 22.6 Å². The van der Waals surface area contributed by atoms with E-state index in [0.717, 1.165) is 10.5 Å². The molecule has 128 valence electrons. The number of amides is 2. The first-order valence-corrected chi connectivity index (χ1v) is 8.03. The molecule has 1 aromatic heterocycles. The molecule has 3 N–H and O–H groups in total. The van der Waals surface area contributed by atoms with E-state index in [-0.39, 0.29) is 18.2 Å². The molecule has 0 fully saturated rings. The number of rotatable bonds is 5. The molecule has 3 rings (SSSR count). The number of fused-ring (bicyclic) bond motifs is 1. The average molecular weight is 338 g/mol. The Bertz CT molecular complexity index is 875. The largest absolute Gasteiger partial charge is 0.459 e. The van der Waals surface area contributed by atoms with Gasteiger partial charge in [0.15, 0.2) is 12.3 Å². The van der Waals surface area contributed by atoms with Gasteiger partial charge in [0.1, 0.15) is 6.54 Å². The molecule has 0 spiro atoms. The van der Waals surface area contributed by atoms with Crippen LogP contribution >= 0.6 is 0 Å². The minimum Gasteiger partial charge on any atom is -0.459 e. The van der Waals surface area contributed by atoms with Crippen LogP contribution in [0.2, 0.25) is 0 Å². The van der Waals surface area contributed by atoms with E-state index in [4.69, 9.17) is 4.42 Å². The molecule has 0 bridgehead atoms. The molecule has 0 saturated carbocycles. The monoisotopic (exact) mass is 338 g/mol. The highest BCUT2D eigenvalue weighted by Gasteiger charge is 2.13. The van der Waals surface area contributed by atoms with Gasteiger partial charge in [0.2, 0.25) is 0 Å². The first-order chi connectivity index (χ1) is 12.1. The van der Waals surface area contributed by atoms with Gasteiger partial charge in [-0.2, -0.15) is 0 Å². The highest BCUT2D eigenvalue weighted by molar-refractivity contribution is 5.92. The third kappa shape index (κ3) is 4.45. The van der Waals surface area contributed by atoms with Gasteiger partial charge in [0, 0.05) is 5.56 Å². The van der Waals surface area contributed by atoms with E-state index in [2.05, 4.69) is 41.2 Å². The molecular weight excluding hydrogens is 318 g/mol. The number of carbonyl (C=O) groups excluding carboxylic acids is 2. The summed E-state index contributed by atoms with van der Waals surface area (Å²) in [5.74, 6) is -0.596. The summed E-state index contributed by atoms with van der Waals surface area (Å²) >= 11 is 0. The first kappa shape index (κ1) is 16.7. The summed E-state index contributed by atoms with van der Waals surface area (Å²) in [6.45, 7) is 0.954. The van der Waals surface area contributed by atoms with Crippen molar-refractivity contribution in [3.63, 3.8) is 0 Å². The molecule has 6 heteroatoms. The van der Waals surface area contributed by atoms with Crippen LogP contribution < -0.4 is 15.8 Å². The molecule has 0 aliphatic rings. The van der Waals surface area contributed by atoms with Crippen LogP contribution in [0.25, 0.3) is 10.8 Å². The Hall–Kier alpha value is -3.12. The zero-order valence-corrected chi connectivity index (χ0v) is 13.9. The van der Waals surface area contributed by atoms with E-state index in [1.165, 1.54) is 23.1 Å². The van der Waals surface area contributed by atoms with E-state index in [1.54, 1.807) is 6.07 Å². The lowest BCUT2D eigenvalue weighted by atomic mass is 10.1. The van der Waals surface area contributed by atoms with Crippen LogP contribution in [0.1, 0.15) is 16.1 Å². The van der Waals surface area contributed by atoms with Crippen molar-refractivity contribution in [1.82, 2.24) is 10.9 Å². The number of hydrogen-bond donors (Lipinski definition) is 3. The first-order valence-electron chi connectivity index (χ1n) is 8.03. The van der Waals surface area contributed by atoms with Gasteiger partial charge in [-0.25, -0.2) is 0 Å². The summed E-state index contributed by atoms with van der Waals surface area (Å²) in [6.07, 6.45) is 1.40. The summed E-state index contributed by atoms with van der Waals surface area (Å²) in [4.78, 5) is 24.7. The number of carbonyl (C=O) groups is 2. The van der Waals surface area contributed by atoms with Crippen molar-refractivity contribution in [3.8, 4) is 0 Å². The molecule has 1 heterocycles. The zero-order chi connectivity index (χ0) is 17.6. The summed E-state index contributed by atoms with van der Waals surface area (Å²) in [5.41, 5.74) is 5.89. The maximum absolute atomic E-state index is 12.0. The van der Waals surface area contributed by atoms with Crippen LogP contribution in [0.5, 0.6) is 0 Å². The van der Waals surface area contributed by atoms with E-state index >= 15 is 0 Å². The van der Waals surface area contributed by atoms with Crippen molar-refractivity contribution in [3.05, 3.63) is 72.2 Å². The Morgan fingerprint density at radius 2 is 1.80 bits per heavy atom. The number of benzene rings is 2. The normalized spacial score (nSPS) is 11.9. The molecule has 0 aliphatic heterocycles. The zero-order valence-electron chi connectivity index (χ0n) is 13.9. The van der Waals surface area contributed by atoms with Crippen LogP contribution in [-0.2, 0) is 11.3 Å². The third-order valence-electron chi connectivity index (χ3n) is 3.84. The predicted octanol–water partition coefficient (Wildman–Crippen LogP) is 0.909. The Kier molecular flexibility index (Phi) is 5.11. The number of quaternary nitrogens is 1. The topological polar surface area (TPSA) is 75.8 Å². The molecular formula is C19H20N3O3+. The van der Waals surface area contributed by atoms with Crippen LogP contribution in [0.15, 0.2) is 65.3 Å². The fourth-order valence-corrected chi connectivity index (χ4v) is 2.67. The number of nitrogens with one attached hydrogen (secondary N) is 3. The molecule has 2 amide bonds. The van der Waals surface area contributed by atoms with Gasteiger partial charge < -0.3 is 9.32 Å². The summed E-state index contributed by atoms with van der Waals surface area (Å²) in [7, 11) is 1.93. The van der Waals surface area contributed by atoms with Crippen molar-refractivity contribution in [1.29, 1.82) is 0 Å². The van der Waals surface area contributed by atoms with Gasteiger partial charge in [-0.15, -0.1) is 0 Å². The minimum atomic E-state index is -0.481. The number of furan rings is 1. The SMILES string of the molecule is C[NH+](CC(=O)NNC(=O)c1ccco1)Cc1ccc2ccccc2c1. The molecule has 1 atom stereocenters. The van der Waals surface area contributed by atoms with Crippen molar-refractivity contribution in [2.75, 3.05) is 13.6 Å². The molecule has 25 heavy (non-hydrogen) atoms. The quantitative estimate of drug-likeness (QED) is 0.605. The second kappa shape index (κ2) is 7.63. The van der Waals surface area contributed by atoms with Gasteiger partial charge >= 0.3 is 5.91 Å². The highest BCUT2D eigenvalue weighted by atomic mass is 16.3. The van der Waals surface area contributed by atoms with Crippen LogP contribution in [0.4, 0.5) is 0 Å². The lowest BCUT2D eigenvalue weighted by molar-refractivity contribution is -0.885. The Labute approximate surface area is 145 Å². The van der Waals surface area contributed by atoms with Crippen LogP contribution in [0, 0.1) is 0 Å². The molecule has 0 radical (unpaired) electrons. The van der Waals surface area contributed by atoms with E-state index in [9.17, 15) is 9.59 Å².